The zero-order chi connectivity index (χ0) is 16.7. The van der Waals surface area contributed by atoms with Crippen LogP contribution in [0.5, 0.6) is 0 Å². The molecule has 1 atom stereocenters. The first-order valence-electron chi connectivity index (χ1n) is 8.11. The van der Waals surface area contributed by atoms with Crippen LogP contribution in [0.1, 0.15) is 34.1 Å². The number of carbonyl (C=O) groups is 2. The number of amides is 2. The van der Waals surface area contributed by atoms with E-state index in [2.05, 4.69) is 4.98 Å². The molecular formula is C17H19N3O3S. The molecule has 24 heavy (non-hydrogen) atoms. The van der Waals surface area contributed by atoms with Crippen molar-refractivity contribution >= 4 is 23.2 Å². The van der Waals surface area contributed by atoms with Crippen LogP contribution in [-0.2, 0) is 11.3 Å². The highest BCUT2D eigenvalue weighted by molar-refractivity contribution is 7.09. The van der Waals surface area contributed by atoms with Crippen molar-refractivity contribution in [2.75, 3.05) is 19.6 Å². The first-order chi connectivity index (χ1) is 11.6. The summed E-state index contributed by atoms with van der Waals surface area (Å²) in [7, 11) is 0. The van der Waals surface area contributed by atoms with Crippen molar-refractivity contribution in [3.63, 3.8) is 0 Å². The predicted molar refractivity (Wildman–Crippen MR) is 88.5 cm³/mol. The number of hydrogen-bond donors (Lipinski definition) is 0. The van der Waals surface area contributed by atoms with Crippen LogP contribution < -0.4 is 0 Å². The third-order valence-corrected chi connectivity index (χ3v) is 5.82. The van der Waals surface area contributed by atoms with Crippen LogP contribution in [0.2, 0.25) is 0 Å². The van der Waals surface area contributed by atoms with Gasteiger partial charge in [-0.25, -0.2) is 4.98 Å². The van der Waals surface area contributed by atoms with Crippen molar-refractivity contribution in [1.29, 1.82) is 0 Å². The summed E-state index contributed by atoms with van der Waals surface area (Å²) < 4.78 is 5.19. The molecule has 0 unspecified atom stereocenters. The van der Waals surface area contributed by atoms with E-state index in [9.17, 15) is 9.59 Å². The molecule has 2 aliphatic rings. The van der Waals surface area contributed by atoms with Gasteiger partial charge in [0, 0.05) is 25.0 Å². The van der Waals surface area contributed by atoms with Gasteiger partial charge in [-0.1, -0.05) is 0 Å². The van der Waals surface area contributed by atoms with E-state index in [4.69, 9.17) is 4.42 Å². The molecule has 126 valence electrons. The van der Waals surface area contributed by atoms with Crippen molar-refractivity contribution in [2.24, 2.45) is 5.41 Å². The molecule has 0 bridgehead atoms. The first kappa shape index (κ1) is 15.4. The Labute approximate surface area is 144 Å². The maximum Gasteiger partial charge on any atom is 0.289 e. The lowest BCUT2D eigenvalue weighted by Gasteiger charge is -2.23. The zero-order valence-corrected chi connectivity index (χ0v) is 14.3. The minimum absolute atomic E-state index is 0.127. The Kier molecular flexibility index (Phi) is 3.68. The molecule has 2 aromatic rings. The van der Waals surface area contributed by atoms with E-state index in [0.717, 1.165) is 30.1 Å². The normalized spacial score (nSPS) is 23.6. The van der Waals surface area contributed by atoms with Gasteiger partial charge in [0.2, 0.25) is 5.91 Å². The summed E-state index contributed by atoms with van der Waals surface area (Å²) in [4.78, 5) is 33.4. The Morgan fingerprint density at radius 3 is 2.96 bits per heavy atom. The molecule has 6 nitrogen and oxygen atoms in total. The maximum atomic E-state index is 12.9. The van der Waals surface area contributed by atoms with Gasteiger partial charge >= 0.3 is 0 Å². The number of nitrogens with zero attached hydrogens (tertiary/aromatic N) is 3. The Morgan fingerprint density at radius 2 is 2.25 bits per heavy atom. The van der Waals surface area contributed by atoms with Crippen molar-refractivity contribution in [3.05, 3.63) is 40.2 Å². The fraction of sp³-hybridized carbons (Fsp3) is 0.471. The third kappa shape index (κ3) is 2.53. The summed E-state index contributed by atoms with van der Waals surface area (Å²) in [5.41, 5.74) is 0.525. The quantitative estimate of drug-likeness (QED) is 0.856. The number of rotatable bonds is 3. The van der Waals surface area contributed by atoms with Gasteiger partial charge in [0.05, 0.1) is 28.9 Å². The monoisotopic (exact) mass is 345 g/mol. The average molecular weight is 345 g/mol. The van der Waals surface area contributed by atoms with Gasteiger partial charge in [-0.15, -0.1) is 11.3 Å². The van der Waals surface area contributed by atoms with Gasteiger partial charge in [-0.2, -0.15) is 0 Å². The number of thiazole rings is 1. The molecule has 2 fully saturated rings. The topological polar surface area (TPSA) is 66.7 Å². The second kappa shape index (κ2) is 5.73. The van der Waals surface area contributed by atoms with Crippen LogP contribution >= 0.6 is 11.3 Å². The lowest BCUT2D eigenvalue weighted by Crippen LogP contribution is -2.38. The fourth-order valence-corrected chi connectivity index (χ4v) is 4.30. The van der Waals surface area contributed by atoms with E-state index < -0.39 is 5.41 Å². The fourth-order valence-electron chi connectivity index (χ4n) is 3.70. The molecule has 4 heterocycles. The third-order valence-electron chi connectivity index (χ3n) is 4.99. The Hall–Kier alpha value is -2.15. The van der Waals surface area contributed by atoms with E-state index in [0.29, 0.717) is 25.4 Å². The van der Waals surface area contributed by atoms with Gasteiger partial charge in [-0.3, -0.25) is 9.59 Å². The lowest BCUT2D eigenvalue weighted by molar-refractivity contribution is -0.135. The summed E-state index contributed by atoms with van der Waals surface area (Å²) in [5.74, 6) is 0.369. The number of carbonyl (C=O) groups excluding carboxylic acids is 2. The molecule has 0 radical (unpaired) electrons. The Morgan fingerprint density at radius 1 is 1.42 bits per heavy atom. The summed E-state index contributed by atoms with van der Waals surface area (Å²) in [6.07, 6.45) is 3.03. The van der Waals surface area contributed by atoms with E-state index in [1.165, 1.54) is 6.26 Å². The van der Waals surface area contributed by atoms with E-state index >= 15 is 0 Å². The number of aryl methyl sites for hydroxylation is 1. The van der Waals surface area contributed by atoms with Crippen LogP contribution in [0.25, 0.3) is 0 Å². The van der Waals surface area contributed by atoms with Gasteiger partial charge in [0.25, 0.3) is 5.91 Å². The summed E-state index contributed by atoms with van der Waals surface area (Å²) in [6, 6.07) is 3.37. The van der Waals surface area contributed by atoms with Gasteiger partial charge in [-0.05, 0) is 31.9 Å². The Balaban J connectivity index is 1.45. The number of likely N-dealkylation sites (tertiary alicyclic amines) is 2. The molecule has 0 saturated carbocycles. The first-order valence-corrected chi connectivity index (χ1v) is 8.99. The van der Waals surface area contributed by atoms with E-state index in [1.54, 1.807) is 28.4 Å². The van der Waals surface area contributed by atoms with Crippen LogP contribution in [0.15, 0.2) is 28.2 Å². The van der Waals surface area contributed by atoms with Crippen LogP contribution in [0, 0.1) is 12.3 Å². The zero-order valence-electron chi connectivity index (χ0n) is 13.5. The molecule has 2 amide bonds. The Bertz CT molecular complexity index is 770. The predicted octanol–water partition coefficient (Wildman–Crippen LogP) is 2.31. The molecule has 1 spiro atoms. The molecule has 2 aliphatic heterocycles. The van der Waals surface area contributed by atoms with Crippen molar-refractivity contribution < 1.29 is 14.0 Å². The standard InChI is InChI=1S/C17H19N3O3S/c1-12-18-13(10-24-12)9-19-6-4-17(16(19)22)5-7-20(11-17)15(21)14-3-2-8-23-14/h2-3,8,10H,4-7,9,11H2,1H3/t17-/m1/s1. The SMILES string of the molecule is Cc1nc(CN2CC[C@]3(CCN(C(=O)c4ccco4)C3)C2=O)cs1. The molecule has 0 N–H and O–H groups in total. The largest absolute Gasteiger partial charge is 0.459 e. The second-order valence-electron chi connectivity index (χ2n) is 6.57. The minimum atomic E-state index is -0.423. The molecule has 7 heteroatoms. The minimum Gasteiger partial charge on any atom is -0.459 e. The summed E-state index contributed by atoms with van der Waals surface area (Å²) in [6.45, 7) is 4.36. The highest BCUT2D eigenvalue weighted by Gasteiger charge is 2.51. The van der Waals surface area contributed by atoms with Gasteiger partial charge < -0.3 is 14.2 Å². The number of aromatic nitrogens is 1. The van der Waals surface area contributed by atoms with Crippen molar-refractivity contribution in [3.8, 4) is 0 Å². The molecule has 4 rings (SSSR count). The number of hydrogen-bond acceptors (Lipinski definition) is 5. The summed E-state index contributed by atoms with van der Waals surface area (Å²) in [5, 5.41) is 3.03. The van der Waals surface area contributed by atoms with Crippen LogP contribution in [0.4, 0.5) is 0 Å². The highest BCUT2D eigenvalue weighted by atomic mass is 32.1. The van der Waals surface area contributed by atoms with Crippen molar-refractivity contribution in [1.82, 2.24) is 14.8 Å². The van der Waals surface area contributed by atoms with E-state index in [1.807, 2.05) is 17.2 Å². The number of furan rings is 1. The molecule has 2 aromatic heterocycles. The van der Waals surface area contributed by atoms with Gasteiger partial charge in [0.15, 0.2) is 5.76 Å². The lowest BCUT2D eigenvalue weighted by atomic mass is 9.85. The van der Waals surface area contributed by atoms with Crippen LogP contribution in [-0.4, -0.2) is 46.2 Å². The summed E-state index contributed by atoms with van der Waals surface area (Å²) >= 11 is 1.60. The second-order valence-corrected chi connectivity index (χ2v) is 7.63. The van der Waals surface area contributed by atoms with Crippen LogP contribution in [0.3, 0.4) is 0 Å². The molecule has 0 aliphatic carbocycles. The van der Waals surface area contributed by atoms with Crippen molar-refractivity contribution in [2.45, 2.75) is 26.3 Å². The molecular weight excluding hydrogens is 326 g/mol. The average Bonchev–Trinajstić information content (AvgIpc) is 3.34. The van der Waals surface area contributed by atoms with E-state index in [-0.39, 0.29) is 11.8 Å². The molecule has 0 aromatic carbocycles. The highest BCUT2D eigenvalue weighted by Crippen LogP contribution is 2.41. The molecule has 2 saturated heterocycles. The smallest absolute Gasteiger partial charge is 0.289 e. The van der Waals surface area contributed by atoms with Gasteiger partial charge in [0.1, 0.15) is 0 Å². The maximum absolute atomic E-state index is 12.9.